The van der Waals surface area contributed by atoms with Crippen LogP contribution in [0.3, 0.4) is 0 Å². The lowest BCUT2D eigenvalue weighted by Crippen LogP contribution is -2.45. The second kappa shape index (κ2) is 8.53. The number of fused-ring (bicyclic) bond motifs is 1. The van der Waals surface area contributed by atoms with Crippen LogP contribution in [-0.2, 0) is 11.3 Å². The molecule has 0 aromatic heterocycles. The monoisotopic (exact) mass is 395 g/mol. The number of aliphatic hydroxyl groups excluding tert-OH is 1. The molecule has 0 bridgehead atoms. The number of amides is 1. The topological polar surface area (TPSA) is 73.8 Å². The number of piperidine rings is 1. The highest BCUT2D eigenvalue weighted by atomic mass is 16.5. The van der Waals surface area contributed by atoms with Crippen LogP contribution in [0.15, 0.2) is 42.5 Å². The summed E-state index contributed by atoms with van der Waals surface area (Å²) in [5.74, 6) is 0.660. The molecule has 3 N–H and O–H groups in total. The van der Waals surface area contributed by atoms with Gasteiger partial charge >= 0.3 is 0 Å². The molecule has 2 aliphatic rings. The summed E-state index contributed by atoms with van der Waals surface area (Å²) < 4.78 is 5.60. The Kier molecular flexibility index (Phi) is 5.85. The van der Waals surface area contributed by atoms with Gasteiger partial charge in [-0.25, -0.2) is 0 Å². The molecule has 0 aliphatic carbocycles. The predicted octanol–water partition coefficient (Wildman–Crippen LogP) is 2.68. The van der Waals surface area contributed by atoms with E-state index in [-0.39, 0.29) is 18.4 Å². The first-order valence-corrected chi connectivity index (χ1v) is 10.3. The minimum atomic E-state index is -0.783. The summed E-state index contributed by atoms with van der Waals surface area (Å²) in [7, 11) is 3.40. The first-order valence-electron chi connectivity index (χ1n) is 10.3. The first-order chi connectivity index (χ1) is 14.1. The molecule has 154 valence electrons. The Hall–Kier alpha value is -2.41. The zero-order chi connectivity index (χ0) is 20.4. The molecular weight excluding hydrogens is 366 g/mol. The van der Waals surface area contributed by atoms with Gasteiger partial charge in [-0.2, -0.15) is 0 Å². The number of carbonyl (C=O) groups excluding carboxylic acids is 1. The number of hydrogen-bond donors (Lipinski definition) is 3. The van der Waals surface area contributed by atoms with Crippen molar-refractivity contribution in [1.82, 2.24) is 10.6 Å². The summed E-state index contributed by atoms with van der Waals surface area (Å²) in [5, 5.41) is 17.7. The molecule has 29 heavy (non-hydrogen) atoms. The molecule has 6 nitrogen and oxygen atoms in total. The van der Waals surface area contributed by atoms with Gasteiger partial charge in [0.15, 0.2) is 0 Å². The van der Waals surface area contributed by atoms with Crippen molar-refractivity contribution in [3.05, 3.63) is 59.2 Å². The maximum Gasteiger partial charge on any atom is 0.229 e. The lowest BCUT2D eigenvalue weighted by molar-refractivity contribution is -0.120. The second-order valence-electron chi connectivity index (χ2n) is 7.87. The summed E-state index contributed by atoms with van der Waals surface area (Å²) in [6.45, 7) is 1.65. The van der Waals surface area contributed by atoms with E-state index < -0.39 is 6.10 Å². The van der Waals surface area contributed by atoms with Crippen LogP contribution in [0.1, 0.15) is 48.1 Å². The maximum absolute atomic E-state index is 12.1. The van der Waals surface area contributed by atoms with E-state index in [1.54, 1.807) is 19.1 Å². The molecule has 6 heteroatoms. The Labute approximate surface area is 171 Å². The predicted molar refractivity (Wildman–Crippen MR) is 113 cm³/mol. The zero-order valence-electron chi connectivity index (χ0n) is 17.0. The van der Waals surface area contributed by atoms with Crippen LogP contribution in [0.5, 0.6) is 5.75 Å². The van der Waals surface area contributed by atoms with Crippen molar-refractivity contribution in [3.63, 3.8) is 0 Å². The van der Waals surface area contributed by atoms with Crippen molar-refractivity contribution in [1.29, 1.82) is 0 Å². The summed E-state index contributed by atoms with van der Waals surface area (Å²) >= 11 is 0. The van der Waals surface area contributed by atoms with Gasteiger partial charge in [0.25, 0.3) is 0 Å². The Morgan fingerprint density at radius 1 is 1.28 bits per heavy atom. The van der Waals surface area contributed by atoms with Crippen LogP contribution < -0.4 is 20.3 Å². The average molecular weight is 396 g/mol. The third-order valence-electron chi connectivity index (χ3n) is 6.06. The number of anilines is 1. The van der Waals surface area contributed by atoms with Crippen molar-refractivity contribution in [2.75, 3.05) is 25.6 Å². The number of hydrogen-bond acceptors (Lipinski definition) is 5. The minimum Gasteiger partial charge on any atom is -0.496 e. The van der Waals surface area contributed by atoms with Crippen LogP contribution >= 0.6 is 0 Å². The Morgan fingerprint density at radius 3 is 2.83 bits per heavy atom. The molecule has 2 aliphatic heterocycles. The van der Waals surface area contributed by atoms with E-state index in [4.69, 9.17) is 4.74 Å². The first kappa shape index (κ1) is 19.9. The van der Waals surface area contributed by atoms with Gasteiger partial charge in [-0.05, 0) is 37.1 Å². The quantitative estimate of drug-likeness (QED) is 0.726. The molecule has 2 heterocycles. The summed E-state index contributed by atoms with van der Waals surface area (Å²) in [4.78, 5) is 13.8. The van der Waals surface area contributed by atoms with Gasteiger partial charge in [0, 0.05) is 42.5 Å². The Balaban J connectivity index is 1.56. The second-order valence-corrected chi connectivity index (χ2v) is 7.87. The van der Waals surface area contributed by atoms with Crippen LogP contribution in [0.25, 0.3) is 0 Å². The molecule has 3 unspecified atom stereocenters. The van der Waals surface area contributed by atoms with Gasteiger partial charge in [0.1, 0.15) is 5.75 Å². The number of aliphatic hydroxyl groups is 1. The van der Waals surface area contributed by atoms with E-state index in [9.17, 15) is 9.90 Å². The smallest absolute Gasteiger partial charge is 0.229 e. The average Bonchev–Trinajstić information content (AvgIpc) is 2.76. The maximum atomic E-state index is 12.1. The zero-order valence-corrected chi connectivity index (χ0v) is 17.0. The van der Waals surface area contributed by atoms with Gasteiger partial charge in [0.05, 0.1) is 19.6 Å². The highest BCUT2D eigenvalue weighted by Gasteiger charge is 2.30. The van der Waals surface area contributed by atoms with Crippen molar-refractivity contribution in [2.24, 2.45) is 0 Å². The van der Waals surface area contributed by atoms with Gasteiger partial charge in [-0.15, -0.1) is 0 Å². The lowest BCUT2D eigenvalue weighted by Gasteiger charge is -2.34. The lowest BCUT2D eigenvalue weighted by atomic mass is 9.91. The number of nitrogens with zero attached hydrogens (tertiary/aromatic N) is 1. The fourth-order valence-corrected chi connectivity index (χ4v) is 4.42. The van der Waals surface area contributed by atoms with Gasteiger partial charge in [-0.3, -0.25) is 4.79 Å². The normalized spacial score (nSPS) is 24.3. The molecule has 2 aromatic rings. The van der Waals surface area contributed by atoms with E-state index >= 15 is 0 Å². The van der Waals surface area contributed by atoms with E-state index in [1.165, 1.54) is 5.56 Å². The number of ether oxygens (including phenoxy) is 1. The van der Waals surface area contributed by atoms with Gasteiger partial charge < -0.3 is 25.4 Å². The third kappa shape index (κ3) is 4.01. The third-order valence-corrected chi connectivity index (χ3v) is 6.06. The molecule has 0 saturated carbocycles. The number of carbonyl (C=O) groups is 1. The van der Waals surface area contributed by atoms with E-state index in [0.717, 1.165) is 42.0 Å². The van der Waals surface area contributed by atoms with Crippen molar-refractivity contribution in [3.8, 4) is 5.75 Å². The molecular formula is C23H29N3O3. The van der Waals surface area contributed by atoms with Crippen LogP contribution in [0.2, 0.25) is 0 Å². The highest BCUT2D eigenvalue weighted by molar-refractivity contribution is 5.96. The fourth-order valence-electron chi connectivity index (χ4n) is 4.42. The molecule has 1 saturated heterocycles. The molecule has 3 atom stereocenters. The SMILES string of the molecule is COc1cc2c(cc1CNC1CCCNC1c1ccccc1)N(C)C(=O)CC2O. The number of benzene rings is 2. The standard InChI is InChI=1S/C23H29N3O3/c1-26-19-11-16(21(29-2)12-17(19)20(27)13-22(26)28)14-25-18-9-6-10-24-23(18)15-7-4-3-5-8-15/h3-5,7-8,11-12,18,20,23-25,27H,6,9-10,13-14H2,1-2H3. The van der Waals surface area contributed by atoms with E-state index in [0.29, 0.717) is 12.6 Å². The Bertz CT molecular complexity index is 871. The fraction of sp³-hybridized carbons (Fsp3) is 0.435. The molecule has 1 fully saturated rings. The van der Waals surface area contributed by atoms with Gasteiger partial charge in [-0.1, -0.05) is 30.3 Å². The van der Waals surface area contributed by atoms with Crippen LogP contribution in [0, 0.1) is 0 Å². The summed E-state index contributed by atoms with van der Waals surface area (Å²) in [6.07, 6.45) is 1.55. The number of methoxy groups -OCH3 is 1. The molecule has 0 radical (unpaired) electrons. The molecule has 1 amide bonds. The molecule has 2 aromatic carbocycles. The summed E-state index contributed by atoms with van der Waals surface area (Å²) in [5.41, 5.74) is 3.77. The van der Waals surface area contributed by atoms with Crippen LogP contribution in [0.4, 0.5) is 5.69 Å². The van der Waals surface area contributed by atoms with Crippen molar-refractivity contribution >= 4 is 11.6 Å². The van der Waals surface area contributed by atoms with E-state index in [1.807, 2.05) is 18.2 Å². The number of rotatable bonds is 5. The van der Waals surface area contributed by atoms with Crippen molar-refractivity contribution < 1.29 is 14.6 Å². The molecule has 0 spiro atoms. The van der Waals surface area contributed by atoms with Crippen LogP contribution in [-0.4, -0.2) is 37.8 Å². The minimum absolute atomic E-state index is 0.0744. The molecule has 4 rings (SSSR count). The Morgan fingerprint density at radius 2 is 2.07 bits per heavy atom. The number of nitrogens with one attached hydrogen (secondary N) is 2. The van der Waals surface area contributed by atoms with Crippen molar-refractivity contribution in [2.45, 2.75) is 44.0 Å². The summed E-state index contributed by atoms with van der Waals surface area (Å²) in [6, 6.07) is 14.9. The van der Waals surface area contributed by atoms with E-state index in [2.05, 4.69) is 34.9 Å². The highest BCUT2D eigenvalue weighted by Crippen LogP contribution is 2.38. The largest absolute Gasteiger partial charge is 0.496 e. The van der Waals surface area contributed by atoms with Gasteiger partial charge in [0.2, 0.25) is 5.91 Å².